The van der Waals surface area contributed by atoms with E-state index in [4.69, 9.17) is 4.74 Å². The van der Waals surface area contributed by atoms with Crippen molar-refractivity contribution in [3.63, 3.8) is 0 Å². The standard InChI is InChI=1S/C19H38N2O/c1-4-20-13-10-19(16-20)11-14-21(17-19)12-8-6-5-7-9-15-22-18(2)3/h18H,4-17H2,1-3H3. The molecule has 3 heteroatoms. The molecule has 3 nitrogen and oxygen atoms in total. The van der Waals surface area contributed by atoms with Crippen LogP contribution in [0.15, 0.2) is 0 Å². The van der Waals surface area contributed by atoms with Crippen LogP contribution in [0.2, 0.25) is 0 Å². The molecule has 0 bridgehead atoms. The van der Waals surface area contributed by atoms with Crippen molar-refractivity contribution in [2.24, 2.45) is 5.41 Å². The Morgan fingerprint density at radius 3 is 2.23 bits per heavy atom. The third-order valence-electron chi connectivity index (χ3n) is 5.55. The van der Waals surface area contributed by atoms with E-state index in [2.05, 4.69) is 30.6 Å². The summed E-state index contributed by atoms with van der Waals surface area (Å²) in [6.07, 6.45) is 10.00. The van der Waals surface area contributed by atoms with Crippen LogP contribution in [0.1, 0.15) is 65.7 Å². The van der Waals surface area contributed by atoms with E-state index in [-0.39, 0.29) is 0 Å². The predicted octanol–water partition coefficient (Wildman–Crippen LogP) is 3.78. The molecule has 2 saturated heterocycles. The summed E-state index contributed by atoms with van der Waals surface area (Å²) in [6, 6.07) is 0. The zero-order valence-electron chi connectivity index (χ0n) is 15.3. The van der Waals surface area contributed by atoms with Crippen LogP contribution in [0.25, 0.3) is 0 Å². The maximum absolute atomic E-state index is 5.59. The lowest BCUT2D eigenvalue weighted by molar-refractivity contribution is 0.0756. The van der Waals surface area contributed by atoms with Gasteiger partial charge in [0.25, 0.3) is 0 Å². The largest absolute Gasteiger partial charge is 0.379 e. The third-order valence-corrected chi connectivity index (χ3v) is 5.55. The van der Waals surface area contributed by atoms with Crippen molar-refractivity contribution in [3.8, 4) is 0 Å². The van der Waals surface area contributed by atoms with Crippen molar-refractivity contribution < 1.29 is 4.74 Å². The van der Waals surface area contributed by atoms with Gasteiger partial charge in [-0.15, -0.1) is 0 Å². The summed E-state index contributed by atoms with van der Waals surface area (Å²) >= 11 is 0. The summed E-state index contributed by atoms with van der Waals surface area (Å²) < 4.78 is 5.59. The minimum Gasteiger partial charge on any atom is -0.379 e. The van der Waals surface area contributed by atoms with Gasteiger partial charge in [-0.25, -0.2) is 0 Å². The molecule has 2 aliphatic rings. The van der Waals surface area contributed by atoms with Crippen molar-refractivity contribution in [1.29, 1.82) is 0 Å². The number of hydrogen-bond acceptors (Lipinski definition) is 3. The lowest BCUT2D eigenvalue weighted by Crippen LogP contribution is -2.31. The Morgan fingerprint density at radius 1 is 0.909 bits per heavy atom. The average Bonchev–Trinajstić information content (AvgIpc) is 3.09. The first-order valence-corrected chi connectivity index (χ1v) is 9.70. The van der Waals surface area contributed by atoms with Crippen LogP contribution < -0.4 is 0 Å². The fraction of sp³-hybridized carbons (Fsp3) is 1.00. The number of ether oxygens (including phenoxy) is 1. The molecule has 0 amide bonds. The first-order chi connectivity index (χ1) is 10.6. The maximum Gasteiger partial charge on any atom is 0.0518 e. The van der Waals surface area contributed by atoms with Crippen LogP contribution >= 0.6 is 0 Å². The summed E-state index contributed by atoms with van der Waals surface area (Å²) in [4.78, 5) is 5.38. The first-order valence-electron chi connectivity index (χ1n) is 9.70. The van der Waals surface area contributed by atoms with Crippen LogP contribution in [0.4, 0.5) is 0 Å². The number of unbranched alkanes of at least 4 members (excludes halogenated alkanes) is 4. The van der Waals surface area contributed by atoms with Crippen LogP contribution in [0.3, 0.4) is 0 Å². The van der Waals surface area contributed by atoms with Crippen molar-refractivity contribution in [2.45, 2.75) is 71.8 Å². The van der Waals surface area contributed by atoms with E-state index in [1.165, 1.54) is 84.2 Å². The minimum absolute atomic E-state index is 0.390. The molecule has 1 spiro atoms. The zero-order valence-corrected chi connectivity index (χ0v) is 15.3. The van der Waals surface area contributed by atoms with Crippen molar-refractivity contribution in [3.05, 3.63) is 0 Å². The number of rotatable bonds is 10. The molecule has 2 rings (SSSR count). The summed E-state index contributed by atoms with van der Waals surface area (Å²) in [5.74, 6) is 0. The molecule has 0 N–H and O–H groups in total. The molecule has 1 unspecified atom stereocenters. The Labute approximate surface area is 138 Å². The average molecular weight is 311 g/mol. The van der Waals surface area contributed by atoms with Gasteiger partial charge < -0.3 is 14.5 Å². The van der Waals surface area contributed by atoms with E-state index in [0.29, 0.717) is 11.5 Å². The highest BCUT2D eigenvalue weighted by atomic mass is 16.5. The minimum atomic E-state index is 0.390. The third kappa shape index (κ3) is 5.82. The smallest absolute Gasteiger partial charge is 0.0518 e. The highest BCUT2D eigenvalue weighted by molar-refractivity contribution is 4.96. The van der Waals surface area contributed by atoms with E-state index in [9.17, 15) is 0 Å². The van der Waals surface area contributed by atoms with Gasteiger partial charge in [-0.1, -0.05) is 26.2 Å². The molecular formula is C19H38N2O. The van der Waals surface area contributed by atoms with E-state index in [1.807, 2.05) is 0 Å². The van der Waals surface area contributed by atoms with Gasteiger partial charge in [0.15, 0.2) is 0 Å². The fourth-order valence-corrected chi connectivity index (χ4v) is 4.14. The van der Waals surface area contributed by atoms with E-state index >= 15 is 0 Å². The second-order valence-electron chi connectivity index (χ2n) is 7.83. The van der Waals surface area contributed by atoms with E-state index < -0.39 is 0 Å². The van der Waals surface area contributed by atoms with Gasteiger partial charge >= 0.3 is 0 Å². The van der Waals surface area contributed by atoms with Crippen LogP contribution in [-0.4, -0.2) is 61.8 Å². The Hall–Kier alpha value is -0.120. The highest BCUT2D eigenvalue weighted by Crippen LogP contribution is 2.39. The number of likely N-dealkylation sites (tertiary alicyclic amines) is 2. The molecule has 2 fully saturated rings. The van der Waals surface area contributed by atoms with Gasteiger partial charge in [0, 0.05) is 19.7 Å². The SMILES string of the molecule is CCN1CCC2(CCN(CCCCCCCOC(C)C)C2)C1. The normalized spacial score (nSPS) is 26.7. The van der Waals surface area contributed by atoms with Gasteiger partial charge in [-0.2, -0.15) is 0 Å². The lowest BCUT2D eigenvalue weighted by Gasteiger charge is -2.24. The lowest BCUT2D eigenvalue weighted by atomic mass is 9.86. The first kappa shape index (κ1) is 18.2. The Morgan fingerprint density at radius 2 is 1.55 bits per heavy atom. The summed E-state index contributed by atoms with van der Waals surface area (Å²) in [5, 5.41) is 0. The second kappa shape index (κ2) is 9.24. The second-order valence-corrected chi connectivity index (χ2v) is 7.83. The Kier molecular flexibility index (Phi) is 7.66. The zero-order chi connectivity index (χ0) is 15.8. The van der Waals surface area contributed by atoms with Gasteiger partial charge in [-0.05, 0) is 71.1 Å². The molecule has 1 atom stereocenters. The van der Waals surface area contributed by atoms with Crippen LogP contribution in [-0.2, 0) is 4.74 Å². The summed E-state index contributed by atoms with van der Waals surface area (Å²) in [6.45, 7) is 15.5. The monoisotopic (exact) mass is 310 g/mol. The predicted molar refractivity (Wildman–Crippen MR) is 94.4 cm³/mol. The van der Waals surface area contributed by atoms with Gasteiger partial charge in [-0.3, -0.25) is 0 Å². The van der Waals surface area contributed by atoms with E-state index in [0.717, 1.165) is 6.61 Å². The molecule has 22 heavy (non-hydrogen) atoms. The van der Waals surface area contributed by atoms with Crippen molar-refractivity contribution in [1.82, 2.24) is 9.80 Å². The molecule has 0 radical (unpaired) electrons. The highest BCUT2D eigenvalue weighted by Gasteiger charge is 2.42. The Balaban J connectivity index is 1.47. The molecule has 0 saturated carbocycles. The fourth-order valence-electron chi connectivity index (χ4n) is 4.14. The molecule has 0 aromatic rings. The summed E-state index contributed by atoms with van der Waals surface area (Å²) in [7, 11) is 0. The molecule has 0 aliphatic carbocycles. The number of nitrogens with zero attached hydrogens (tertiary/aromatic N) is 2. The van der Waals surface area contributed by atoms with Gasteiger partial charge in [0.05, 0.1) is 6.10 Å². The number of hydrogen-bond donors (Lipinski definition) is 0. The van der Waals surface area contributed by atoms with E-state index in [1.54, 1.807) is 0 Å². The van der Waals surface area contributed by atoms with Gasteiger partial charge in [0.1, 0.15) is 0 Å². The molecule has 130 valence electrons. The molecule has 2 heterocycles. The van der Waals surface area contributed by atoms with Crippen molar-refractivity contribution in [2.75, 3.05) is 45.9 Å². The van der Waals surface area contributed by atoms with Crippen LogP contribution in [0.5, 0.6) is 0 Å². The molecule has 0 aromatic heterocycles. The quantitative estimate of drug-likeness (QED) is 0.571. The summed E-state index contributed by atoms with van der Waals surface area (Å²) in [5.41, 5.74) is 0.657. The maximum atomic E-state index is 5.59. The topological polar surface area (TPSA) is 15.7 Å². The molecular weight excluding hydrogens is 272 g/mol. The molecule has 0 aromatic carbocycles. The molecule has 2 aliphatic heterocycles. The Bertz CT molecular complexity index is 308. The van der Waals surface area contributed by atoms with Gasteiger partial charge in [0.2, 0.25) is 0 Å². The van der Waals surface area contributed by atoms with Crippen LogP contribution in [0, 0.1) is 5.41 Å². The van der Waals surface area contributed by atoms with Crippen molar-refractivity contribution >= 4 is 0 Å².